The Bertz CT molecular complexity index is 1110. The van der Waals surface area contributed by atoms with Gasteiger partial charge in [0.25, 0.3) is 0 Å². The fourth-order valence-corrected chi connectivity index (χ4v) is 4.51. The summed E-state index contributed by atoms with van der Waals surface area (Å²) in [6, 6.07) is 7.27. The van der Waals surface area contributed by atoms with Gasteiger partial charge in [-0.05, 0) is 43.0 Å². The highest BCUT2D eigenvalue weighted by atomic mass is 35.5. The molecule has 194 valence electrons. The highest BCUT2D eigenvalue weighted by molar-refractivity contribution is 7.73. The van der Waals surface area contributed by atoms with Crippen molar-refractivity contribution in [1.29, 1.82) is 0 Å². The van der Waals surface area contributed by atoms with Gasteiger partial charge in [0.1, 0.15) is 4.86 Å². The molecule has 0 saturated carbocycles. The van der Waals surface area contributed by atoms with Gasteiger partial charge < -0.3 is 4.90 Å². The number of hydrazine groups is 1. The number of rotatable bonds is 5. The number of carbonyl (C=O) groups is 1. The van der Waals surface area contributed by atoms with Crippen LogP contribution in [0.15, 0.2) is 47.6 Å². The Morgan fingerprint density at radius 2 is 1.57 bits per heavy atom. The highest BCUT2D eigenvalue weighted by Crippen LogP contribution is 2.38. The minimum atomic E-state index is -5.41. The van der Waals surface area contributed by atoms with Gasteiger partial charge in [-0.2, -0.15) is 34.8 Å². The second kappa shape index (κ2) is 11.5. The molecule has 1 atom stereocenters. The van der Waals surface area contributed by atoms with Crippen molar-refractivity contribution in [3.05, 3.63) is 53.1 Å². The van der Waals surface area contributed by atoms with Crippen molar-refractivity contribution in [3.63, 3.8) is 0 Å². The van der Waals surface area contributed by atoms with E-state index in [1.165, 1.54) is 6.42 Å². The second-order valence-electron chi connectivity index (χ2n) is 7.81. The number of nitrogens with one attached hydrogen (secondary N) is 2. The van der Waals surface area contributed by atoms with Crippen LogP contribution in [-0.2, 0) is 21.6 Å². The molecule has 1 aliphatic heterocycles. The second-order valence-corrected chi connectivity index (χ2v) is 8.72. The van der Waals surface area contributed by atoms with E-state index in [0.717, 1.165) is 31.6 Å². The molecular weight excluding hydrogens is 524 g/mol. The van der Waals surface area contributed by atoms with Gasteiger partial charge in [0.15, 0.2) is 0 Å². The molecule has 1 saturated heterocycles. The van der Waals surface area contributed by atoms with E-state index in [2.05, 4.69) is 10.3 Å². The standard InChI is InChI=1S/C21H21F6N3O3S.ClH/c22-20(23,24)14-10-16(18(34(32)33)17(11-14)21(25,26)27)19(31)29-28-12-13-4-6-15(7-5-13)30-8-2-1-3-9-30;/h4-7,10-11,16,28H,1-3,8-9,12H2,(H,29,31);1H. The maximum atomic E-state index is 13.3. The third-order valence-electron chi connectivity index (χ3n) is 5.45. The summed E-state index contributed by atoms with van der Waals surface area (Å²) in [6.45, 7) is 1.89. The number of nitrogens with zero attached hydrogens (tertiary/aromatic N) is 1. The minimum Gasteiger partial charge on any atom is -0.372 e. The SMILES string of the molecule is Cl.O=C(NNCc1ccc(N2CCCCC2)cc1)C1C=C(C(F)(F)F)C=C(C(F)(F)F)C1=S(=O)=O. The summed E-state index contributed by atoms with van der Waals surface area (Å²) in [5, 5.41) is 0. The molecule has 0 radical (unpaired) electrons. The van der Waals surface area contributed by atoms with Gasteiger partial charge in [0.2, 0.25) is 16.2 Å². The molecule has 1 aliphatic carbocycles. The Labute approximate surface area is 205 Å². The van der Waals surface area contributed by atoms with Gasteiger partial charge >= 0.3 is 12.4 Å². The van der Waals surface area contributed by atoms with Crippen molar-refractivity contribution in [2.45, 2.75) is 38.2 Å². The monoisotopic (exact) mass is 545 g/mol. The number of piperidine rings is 1. The van der Waals surface area contributed by atoms with Crippen LogP contribution in [0.1, 0.15) is 24.8 Å². The van der Waals surface area contributed by atoms with E-state index in [1.54, 1.807) is 12.1 Å². The smallest absolute Gasteiger partial charge is 0.372 e. The van der Waals surface area contributed by atoms with Crippen molar-refractivity contribution in [2.75, 3.05) is 18.0 Å². The van der Waals surface area contributed by atoms with Gasteiger partial charge in [0.05, 0.1) is 17.1 Å². The molecule has 6 nitrogen and oxygen atoms in total. The first-order valence-corrected chi connectivity index (χ1v) is 11.4. The predicted octanol–water partition coefficient (Wildman–Crippen LogP) is 3.88. The molecule has 1 aromatic carbocycles. The highest BCUT2D eigenvalue weighted by Gasteiger charge is 2.47. The number of carbonyl (C=O) groups excluding carboxylic acids is 1. The van der Waals surface area contributed by atoms with E-state index in [4.69, 9.17) is 0 Å². The quantitative estimate of drug-likeness (QED) is 0.334. The van der Waals surface area contributed by atoms with E-state index in [0.29, 0.717) is 5.56 Å². The van der Waals surface area contributed by atoms with Crippen molar-refractivity contribution in [2.24, 2.45) is 5.92 Å². The lowest BCUT2D eigenvalue weighted by Crippen LogP contribution is -2.45. The van der Waals surface area contributed by atoms with Crippen molar-refractivity contribution >= 4 is 39.2 Å². The fraction of sp³-hybridized carbons (Fsp3) is 0.429. The molecular formula is C21H22ClF6N3O3S. The van der Waals surface area contributed by atoms with Gasteiger partial charge in [0, 0.05) is 25.3 Å². The van der Waals surface area contributed by atoms with Gasteiger partial charge in [-0.3, -0.25) is 10.2 Å². The van der Waals surface area contributed by atoms with Crippen LogP contribution in [-0.4, -0.2) is 44.6 Å². The largest absolute Gasteiger partial charge is 0.417 e. The van der Waals surface area contributed by atoms with Gasteiger partial charge in [-0.1, -0.05) is 18.2 Å². The summed E-state index contributed by atoms with van der Waals surface area (Å²) in [6.07, 6.45) is -7.41. The molecule has 0 spiro atoms. The lowest BCUT2D eigenvalue weighted by Gasteiger charge is -2.28. The summed E-state index contributed by atoms with van der Waals surface area (Å²) in [5.41, 5.74) is 2.33. The van der Waals surface area contributed by atoms with Crippen LogP contribution in [0.25, 0.3) is 0 Å². The number of anilines is 1. The Balaban J connectivity index is 0.00000432. The van der Waals surface area contributed by atoms with Crippen LogP contribution < -0.4 is 15.8 Å². The molecule has 2 aliphatic rings. The minimum absolute atomic E-state index is 0. The number of amides is 1. The molecule has 0 aromatic heterocycles. The van der Waals surface area contributed by atoms with E-state index in [1.807, 2.05) is 17.6 Å². The normalized spacial score (nSPS) is 18.9. The molecule has 2 N–H and O–H groups in total. The molecule has 1 aromatic rings. The number of hydrogen-bond donors (Lipinski definition) is 2. The Kier molecular flexibility index (Phi) is 9.42. The maximum Gasteiger partial charge on any atom is 0.417 e. The zero-order valence-corrected chi connectivity index (χ0v) is 19.7. The van der Waals surface area contributed by atoms with Crippen LogP contribution in [0.4, 0.5) is 32.0 Å². The van der Waals surface area contributed by atoms with E-state index in [-0.39, 0.29) is 31.1 Å². The number of hydrogen-bond acceptors (Lipinski definition) is 5. The van der Waals surface area contributed by atoms with Crippen LogP contribution >= 0.6 is 12.4 Å². The summed E-state index contributed by atoms with van der Waals surface area (Å²) < 4.78 is 102. The summed E-state index contributed by atoms with van der Waals surface area (Å²) in [5.74, 6) is -3.69. The molecule has 35 heavy (non-hydrogen) atoms. The van der Waals surface area contributed by atoms with Gasteiger partial charge in [-0.25, -0.2) is 5.43 Å². The molecule has 14 heteroatoms. The number of allylic oxidation sites excluding steroid dienone is 3. The molecule has 1 fully saturated rings. The molecule has 1 amide bonds. The van der Waals surface area contributed by atoms with Crippen LogP contribution in [0.2, 0.25) is 0 Å². The molecule has 1 unspecified atom stereocenters. The predicted molar refractivity (Wildman–Crippen MR) is 120 cm³/mol. The average molecular weight is 546 g/mol. The molecule has 3 rings (SSSR count). The Hall–Kier alpha value is -2.51. The Morgan fingerprint density at radius 3 is 2.09 bits per heavy atom. The summed E-state index contributed by atoms with van der Waals surface area (Å²) >= 11 is 0. The average Bonchev–Trinajstić information content (AvgIpc) is 2.78. The lowest BCUT2D eigenvalue weighted by atomic mass is 9.88. The molecule has 1 heterocycles. The third kappa shape index (κ3) is 7.24. The zero-order chi connectivity index (χ0) is 25.1. The summed E-state index contributed by atoms with van der Waals surface area (Å²) in [4.78, 5) is 13.2. The lowest BCUT2D eigenvalue weighted by molar-refractivity contribution is -0.123. The number of halogens is 7. The first kappa shape index (κ1) is 28.7. The van der Waals surface area contributed by atoms with Gasteiger partial charge in [-0.15, -0.1) is 12.4 Å². The van der Waals surface area contributed by atoms with Crippen molar-refractivity contribution < 1.29 is 39.6 Å². The van der Waals surface area contributed by atoms with Crippen LogP contribution in [0.3, 0.4) is 0 Å². The third-order valence-corrected chi connectivity index (χ3v) is 6.28. The molecule has 0 bridgehead atoms. The summed E-state index contributed by atoms with van der Waals surface area (Å²) in [7, 11) is -3.59. The topological polar surface area (TPSA) is 78.5 Å². The number of alkyl halides is 6. The van der Waals surface area contributed by atoms with E-state index in [9.17, 15) is 39.6 Å². The van der Waals surface area contributed by atoms with Crippen molar-refractivity contribution in [1.82, 2.24) is 10.9 Å². The van der Waals surface area contributed by atoms with Crippen molar-refractivity contribution in [3.8, 4) is 0 Å². The maximum absolute atomic E-state index is 13.3. The van der Waals surface area contributed by atoms with Crippen LogP contribution in [0.5, 0.6) is 0 Å². The first-order chi connectivity index (χ1) is 15.9. The fourth-order valence-electron chi connectivity index (χ4n) is 3.77. The zero-order valence-electron chi connectivity index (χ0n) is 18.0. The number of benzene rings is 1. The first-order valence-electron chi connectivity index (χ1n) is 10.3. The Morgan fingerprint density at radius 1 is 0.971 bits per heavy atom. The van der Waals surface area contributed by atoms with E-state index < -0.39 is 50.5 Å². The van der Waals surface area contributed by atoms with E-state index >= 15 is 0 Å². The van der Waals surface area contributed by atoms with Crippen LogP contribution in [0, 0.1) is 5.92 Å².